The first-order valence-corrected chi connectivity index (χ1v) is 5.92. The van der Waals surface area contributed by atoms with Crippen LogP contribution in [0.15, 0.2) is 0 Å². The largest absolute Gasteiger partial charge is 0.347 e. The highest BCUT2D eigenvalue weighted by atomic mass is 16.2. The van der Waals surface area contributed by atoms with Crippen molar-refractivity contribution in [3.05, 3.63) is 0 Å². The second kappa shape index (κ2) is 6.48. The van der Waals surface area contributed by atoms with Gasteiger partial charge in [-0.3, -0.25) is 9.59 Å². The van der Waals surface area contributed by atoms with Crippen LogP contribution in [-0.4, -0.2) is 49.4 Å². The van der Waals surface area contributed by atoms with Gasteiger partial charge in [-0.1, -0.05) is 0 Å². The Bertz CT molecular complexity index is 248. The summed E-state index contributed by atoms with van der Waals surface area (Å²) in [6.07, 6.45) is 0.526. The number of hydrogen-bond acceptors (Lipinski definition) is 3. The van der Waals surface area contributed by atoms with Crippen molar-refractivity contribution in [1.82, 2.24) is 15.5 Å². The van der Waals surface area contributed by atoms with Gasteiger partial charge in [0.05, 0.1) is 6.54 Å². The number of rotatable bonds is 6. The molecular formula is C11H21N3O2. The first-order chi connectivity index (χ1) is 7.67. The van der Waals surface area contributed by atoms with Gasteiger partial charge in [-0.05, 0) is 32.9 Å². The second-order valence-electron chi connectivity index (χ2n) is 4.07. The molecule has 0 aromatic carbocycles. The number of nitrogens with zero attached hydrogens (tertiary/aromatic N) is 1. The van der Waals surface area contributed by atoms with E-state index in [0.717, 1.165) is 13.1 Å². The van der Waals surface area contributed by atoms with Crippen LogP contribution in [0.1, 0.15) is 20.3 Å². The quantitative estimate of drug-likeness (QED) is 0.648. The molecule has 1 saturated heterocycles. The average Bonchev–Trinajstić information content (AvgIpc) is 2.22. The fraction of sp³-hybridized carbons (Fsp3) is 0.818. The zero-order valence-electron chi connectivity index (χ0n) is 10.1. The van der Waals surface area contributed by atoms with Crippen LogP contribution in [0.4, 0.5) is 0 Å². The first-order valence-electron chi connectivity index (χ1n) is 5.92. The van der Waals surface area contributed by atoms with Gasteiger partial charge in [-0.25, -0.2) is 0 Å². The summed E-state index contributed by atoms with van der Waals surface area (Å²) in [5.41, 5.74) is 0. The highest BCUT2D eigenvalue weighted by Gasteiger charge is 2.20. The summed E-state index contributed by atoms with van der Waals surface area (Å²) in [6.45, 7) is 7.21. The molecule has 0 bridgehead atoms. The molecule has 0 unspecified atom stereocenters. The third-order valence-corrected chi connectivity index (χ3v) is 2.89. The van der Waals surface area contributed by atoms with Crippen molar-refractivity contribution in [1.29, 1.82) is 0 Å². The van der Waals surface area contributed by atoms with Crippen molar-refractivity contribution in [2.24, 2.45) is 5.92 Å². The smallest absolute Gasteiger partial charge is 0.241 e. The van der Waals surface area contributed by atoms with Crippen LogP contribution in [0.25, 0.3) is 0 Å². The lowest BCUT2D eigenvalue weighted by atomic mass is 9.99. The molecule has 0 radical (unpaired) electrons. The Morgan fingerprint density at radius 2 is 1.94 bits per heavy atom. The molecule has 1 heterocycles. The van der Waals surface area contributed by atoms with Crippen molar-refractivity contribution in [2.45, 2.75) is 20.3 Å². The van der Waals surface area contributed by atoms with Crippen LogP contribution in [0, 0.1) is 5.92 Å². The standard InChI is InChI=1S/C11H21N3O2/c1-3-14(4-2)11(16)8-13-10(15)5-9-6-12-7-9/h9,12H,3-8H2,1-2H3,(H,13,15). The normalized spacial score (nSPS) is 15.4. The first kappa shape index (κ1) is 13.0. The highest BCUT2D eigenvalue weighted by Crippen LogP contribution is 2.07. The number of amides is 2. The number of nitrogens with one attached hydrogen (secondary N) is 2. The summed E-state index contributed by atoms with van der Waals surface area (Å²) >= 11 is 0. The van der Waals surface area contributed by atoms with Gasteiger partial charge >= 0.3 is 0 Å². The van der Waals surface area contributed by atoms with E-state index >= 15 is 0 Å². The predicted molar refractivity (Wildman–Crippen MR) is 61.9 cm³/mol. The minimum atomic E-state index is -0.0213. The van der Waals surface area contributed by atoms with Gasteiger partial charge in [-0.15, -0.1) is 0 Å². The summed E-state index contributed by atoms with van der Waals surface area (Å²) in [6, 6.07) is 0. The minimum absolute atomic E-state index is 0.00918. The van der Waals surface area contributed by atoms with Gasteiger partial charge in [0, 0.05) is 19.5 Å². The van der Waals surface area contributed by atoms with Crippen molar-refractivity contribution in [2.75, 3.05) is 32.7 Å². The Morgan fingerprint density at radius 1 is 1.31 bits per heavy atom. The van der Waals surface area contributed by atoms with E-state index in [1.165, 1.54) is 0 Å². The molecule has 0 spiro atoms. The Morgan fingerprint density at radius 3 is 2.38 bits per heavy atom. The van der Waals surface area contributed by atoms with Gasteiger partial charge in [-0.2, -0.15) is 0 Å². The molecule has 1 fully saturated rings. The number of carbonyl (C=O) groups is 2. The summed E-state index contributed by atoms with van der Waals surface area (Å²) in [5, 5.41) is 5.79. The van der Waals surface area contributed by atoms with Crippen LogP contribution in [0.5, 0.6) is 0 Å². The SMILES string of the molecule is CCN(CC)C(=O)CNC(=O)CC1CNC1. The second-order valence-corrected chi connectivity index (χ2v) is 4.07. The van der Waals surface area contributed by atoms with Crippen LogP contribution in [0.2, 0.25) is 0 Å². The third kappa shape index (κ3) is 3.81. The fourth-order valence-electron chi connectivity index (χ4n) is 1.69. The third-order valence-electron chi connectivity index (χ3n) is 2.89. The van der Waals surface area contributed by atoms with E-state index in [9.17, 15) is 9.59 Å². The zero-order chi connectivity index (χ0) is 12.0. The fourth-order valence-corrected chi connectivity index (χ4v) is 1.69. The number of hydrogen-bond donors (Lipinski definition) is 2. The van der Waals surface area contributed by atoms with Crippen molar-refractivity contribution in [3.8, 4) is 0 Å². The van der Waals surface area contributed by atoms with E-state index in [4.69, 9.17) is 0 Å². The molecule has 5 heteroatoms. The molecule has 16 heavy (non-hydrogen) atoms. The Hall–Kier alpha value is -1.10. The van der Waals surface area contributed by atoms with Crippen LogP contribution >= 0.6 is 0 Å². The van der Waals surface area contributed by atoms with E-state index in [1.807, 2.05) is 13.8 Å². The molecule has 1 rings (SSSR count). The lowest BCUT2D eigenvalue weighted by molar-refractivity contribution is -0.132. The van der Waals surface area contributed by atoms with Crippen molar-refractivity contribution in [3.63, 3.8) is 0 Å². The molecule has 2 N–H and O–H groups in total. The molecule has 0 aromatic heterocycles. The Kier molecular flexibility index (Phi) is 5.25. The van der Waals surface area contributed by atoms with Crippen LogP contribution in [-0.2, 0) is 9.59 Å². The maximum atomic E-state index is 11.6. The molecule has 5 nitrogen and oxygen atoms in total. The lowest BCUT2D eigenvalue weighted by Gasteiger charge is -2.26. The predicted octanol–water partition coefficient (Wildman–Crippen LogP) is -0.419. The van der Waals surface area contributed by atoms with E-state index < -0.39 is 0 Å². The zero-order valence-corrected chi connectivity index (χ0v) is 10.1. The monoisotopic (exact) mass is 227 g/mol. The molecule has 1 aliphatic rings. The number of carbonyl (C=O) groups excluding carboxylic acids is 2. The van der Waals surface area contributed by atoms with Crippen LogP contribution < -0.4 is 10.6 Å². The van der Waals surface area contributed by atoms with E-state index in [2.05, 4.69) is 10.6 Å². The van der Waals surface area contributed by atoms with Gasteiger partial charge in [0.2, 0.25) is 11.8 Å². The number of likely N-dealkylation sites (N-methyl/N-ethyl adjacent to an activating group) is 1. The maximum absolute atomic E-state index is 11.6. The van der Waals surface area contributed by atoms with Crippen molar-refractivity contribution < 1.29 is 9.59 Å². The van der Waals surface area contributed by atoms with Gasteiger partial charge in [0.25, 0.3) is 0 Å². The Labute approximate surface area is 96.6 Å². The van der Waals surface area contributed by atoms with Crippen molar-refractivity contribution >= 4 is 11.8 Å². The molecule has 2 amide bonds. The highest BCUT2D eigenvalue weighted by molar-refractivity contribution is 5.84. The van der Waals surface area contributed by atoms with E-state index in [0.29, 0.717) is 25.4 Å². The van der Waals surface area contributed by atoms with Crippen LogP contribution in [0.3, 0.4) is 0 Å². The lowest BCUT2D eigenvalue weighted by Crippen LogP contribution is -2.46. The summed E-state index contributed by atoms with van der Waals surface area (Å²) in [4.78, 5) is 24.7. The van der Waals surface area contributed by atoms with E-state index in [1.54, 1.807) is 4.90 Å². The van der Waals surface area contributed by atoms with Gasteiger partial charge in [0.15, 0.2) is 0 Å². The molecular weight excluding hydrogens is 206 g/mol. The maximum Gasteiger partial charge on any atom is 0.241 e. The average molecular weight is 227 g/mol. The topological polar surface area (TPSA) is 61.4 Å². The van der Waals surface area contributed by atoms with E-state index in [-0.39, 0.29) is 18.4 Å². The molecule has 0 saturated carbocycles. The summed E-state index contributed by atoms with van der Waals surface area (Å²) in [7, 11) is 0. The molecule has 0 atom stereocenters. The van der Waals surface area contributed by atoms with Gasteiger partial charge in [0.1, 0.15) is 0 Å². The molecule has 92 valence electrons. The summed E-state index contributed by atoms with van der Waals surface area (Å²) in [5.74, 6) is 0.417. The summed E-state index contributed by atoms with van der Waals surface area (Å²) < 4.78 is 0. The molecule has 0 aliphatic carbocycles. The molecule has 0 aromatic rings. The minimum Gasteiger partial charge on any atom is -0.347 e. The van der Waals surface area contributed by atoms with Gasteiger partial charge < -0.3 is 15.5 Å². The Balaban J connectivity index is 2.16. The molecule has 1 aliphatic heterocycles.